The molecule has 7 rings (SSSR count). The van der Waals surface area contributed by atoms with Crippen LogP contribution in [0.15, 0.2) is 36.4 Å². The molecule has 2 aromatic carbocycles. The average Bonchev–Trinajstić information content (AvgIpc) is 3.95. The molecule has 2 aliphatic rings. The molecule has 13 nitrogen and oxygen atoms in total. The van der Waals surface area contributed by atoms with Crippen molar-refractivity contribution in [2.75, 3.05) is 20.2 Å². The molecule has 4 amide bonds. The largest absolute Gasteiger partial charge is 0.453 e. The van der Waals surface area contributed by atoms with Gasteiger partial charge in [-0.25, -0.2) is 14.8 Å². The van der Waals surface area contributed by atoms with Crippen LogP contribution in [0.5, 0.6) is 0 Å². The van der Waals surface area contributed by atoms with E-state index in [1.54, 1.807) is 11.3 Å². The number of fused-ring (bicyclic) bond motifs is 4. The Morgan fingerprint density at radius 2 is 1.44 bits per heavy atom. The number of aromatic nitrogens is 4. The number of H-pyrrole nitrogens is 2. The Balaban J connectivity index is 1.15. The van der Waals surface area contributed by atoms with Gasteiger partial charge in [0.05, 0.1) is 40.4 Å². The molecular weight excluding hydrogens is 681 g/mol. The molecule has 0 bridgehead atoms. The smallest absolute Gasteiger partial charge is 0.407 e. The number of imidazole rings is 2. The molecule has 52 heavy (non-hydrogen) atoms. The summed E-state index contributed by atoms with van der Waals surface area (Å²) in [5.41, 5.74) is 4.55. The van der Waals surface area contributed by atoms with Crippen LogP contribution in [-0.2, 0) is 19.1 Å². The minimum atomic E-state index is -0.695. The maximum atomic E-state index is 13.7. The second-order valence-electron chi connectivity index (χ2n) is 14.6. The molecule has 2 fully saturated rings. The molecule has 5 aromatic rings. The number of carbonyl (C=O) groups is 4. The lowest BCUT2D eigenvalue weighted by Gasteiger charge is -2.30. The van der Waals surface area contributed by atoms with Gasteiger partial charge in [-0.2, -0.15) is 0 Å². The monoisotopic (exact) mass is 726 g/mol. The van der Waals surface area contributed by atoms with E-state index in [4.69, 9.17) is 14.7 Å². The first kappa shape index (κ1) is 35.4. The third-order valence-corrected chi connectivity index (χ3v) is 11.5. The summed E-state index contributed by atoms with van der Waals surface area (Å²) < 4.78 is 5.84. The summed E-state index contributed by atoms with van der Waals surface area (Å²) in [6, 6.07) is 10.8. The third kappa shape index (κ3) is 6.59. The standard InChI is InChI=1S/C38H46N8O5S/c1-19(2)30(39-21(5)47)36(48)45-15-7-9-27(45)34-40-24-13-11-22(17-26(24)42-34)29-18-23-12-14-25-32(33(23)52-29)43-35(41-25)28-10-8-16-46(28)37(49)31(20(3)4)44-38(50)51-6/h11-14,17-20,27-28,30-31H,7-10,15-16H2,1-6H3,(H,39,47)(H,40,42)(H,41,43)(H,44,50)/t27-,28-,30-,31-/m0/s1. The molecule has 2 saturated heterocycles. The van der Waals surface area contributed by atoms with Crippen LogP contribution in [0.4, 0.5) is 4.79 Å². The van der Waals surface area contributed by atoms with Crippen LogP contribution in [-0.4, -0.2) is 85.8 Å². The van der Waals surface area contributed by atoms with Gasteiger partial charge in [0.25, 0.3) is 0 Å². The highest BCUT2D eigenvalue weighted by molar-refractivity contribution is 7.23. The fourth-order valence-electron chi connectivity index (χ4n) is 7.65. The predicted molar refractivity (Wildman–Crippen MR) is 201 cm³/mol. The van der Waals surface area contributed by atoms with Crippen LogP contribution in [0, 0.1) is 11.8 Å². The fraction of sp³-hybridized carbons (Fsp3) is 0.474. The van der Waals surface area contributed by atoms with E-state index in [9.17, 15) is 19.2 Å². The number of methoxy groups -OCH3 is 1. The number of amides is 4. The molecule has 274 valence electrons. The predicted octanol–water partition coefficient (Wildman–Crippen LogP) is 6.19. The maximum absolute atomic E-state index is 13.7. The van der Waals surface area contributed by atoms with E-state index in [-0.39, 0.29) is 41.6 Å². The van der Waals surface area contributed by atoms with Crippen molar-refractivity contribution in [2.24, 2.45) is 11.8 Å². The van der Waals surface area contributed by atoms with Gasteiger partial charge in [-0.05, 0) is 72.7 Å². The highest BCUT2D eigenvalue weighted by atomic mass is 32.1. The first-order valence-corrected chi connectivity index (χ1v) is 18.9. The lowest BCUT2D eigenvalue weighted by atomic mass is 10.0. The molecular formula is C38H46N8O5S. The number of rotatable bonds is 9. The van der Waals surface area contributed by atoms with Gasteiger partial charge in [0.1, 0.15) is 29.2 Å². The summed E-state index contributed by atoms with van der Waals surface area (Å²) in [4.78, 5) is 72.9. The SMILES string of the molecule is COC(=O)N[C@H](C(=O)N1CCC[C@H]1c1nc2c(ccc3cc(-c4ccc5nc([C@@H]6CCCN6C(=O)[C@@H](NC(C)=O)C(C)C)[nH]c5c4)sc32)[nH]1)C(C)C. The fourth-order valence-corrected chi connectivity index (χ4v) is 8.79. The number of thiophene rings is 1. The van der Waals surface area contributed by atoms with Gasteiger partial charge in [-0.3, -0.25) is 14.4 Å². The number of ether oxygens (including phenoxy) is 1. The van der Waals surface area contributed by atoms with Crippen molar-refractivity contribution < 1.29 is 23.9 Å². The summed E-state index contributed by atoms with van der Waals surface area (Å²) in [6.07, 6.45) is 2.67. The zero-order valence-corrected chi connectivity index (χ0v) is 31.2. The van der Waals surface area contributed by atoms with Crippen molar-refractivity contribution in [2.45, 2.75) is 84.5 Å². The molecule has 0 aliphatic carbocycles. The number of nitrogens with one attached hydrogen (secondary N) is 4. The minimum absolute atomic E-state index is 0.0348. The Kier molecular flexibility index (Phi) is 9.68. The van der Waals surface area contributed by atoms with E-state index < -0.39 is 18.2 Å². The van der Waals surface area contributed by atoms with E-state index in [0.29, 0.717) is 13.1 Å². The zero-order chi connectivity index (χ0) is 36.8. The highest BCUT2D eigenvalue weighted by Gasteiger charge is 2.39. The number of nitrogens with zero attached hydrogens (tertiary/aromatic N) is 4. The first-order chi connectivity index (χ1) is 24.9. The minimum Gasteiger partial charge on any atom is -0.453 e. The Hall–Kier alpha value is -4.98. The molecule has 5 heterocycles. The number of benzene rings is 2. The van der Waals surface area contributed by atoms with Gasteiger partial charge >= 0.3 is 6.09 Å². The quantitative estimate of drug-likeness (QED) is 0.141. The summed E-state index contributed by atoms with van der Waals surface area (Å²) in [6.45, 7) is 10.4. The molecule has 14 heteroatoms. The van der Waals surface area contributed by atoms with Gasteiger partial charge in [0.2, 0.25) is 17.7 Å². The number of hydrogen-bond acceptors (Lipinski definition) is 8. The summed E-state index contributed by atoms with van der Waals surface area (Å²) in [7, 11) is 1.29. The lowest BCUT2D eigenvalue weighted by Crippen LogP contribution is -2.51. The second-order valence-corrected chi connectivity index (χ2v) is 15.7. The molecule has 0 saturated carbocycles. The topological polar surface area (TPSA) is 165 Å². The summed E-state index contributed by atoms with van der Waals surface area (Å²) in [5.74, 6) is 0.924. The van der Waals surface area contributed by atoms with E-state index in [0.717, 1.165) is 79.9 Å². The number of likely N-dealkylation sites (tertiary alicyclic amines) is 2. The van der Waals surface area contributed by atoms with Gasteiger partial charge < -0.3 is 35.1 Å². The number of hydrogen-bond donors (Lipinski definition) is 4. The molecule has 4 atom stereocenters. The van der Waals surface area contributed by atoms with Gasteiger partial charge in [-0.15, -0.1) is 11.3 Å². The van der Waals surface area contributed by atoms with Crippen molar-refractivity contribution in [3.05, 3.63) is 48.0 Å². The summed E-state index contributed by atoms with van der Waals surface area (Å²) >= 11 is 1.67. The normalized spacial score (nSPS) is 18.9. The Bertz CT molecular complexity index is 2170. The van der Waals surface area contributed by atoms with Crippen molar-refractivity contribution in [3.63, 3.8) is 0 Å². The molecule has 2 aliphatic heterocycles. The number of alkyl carbamates (subject to hydrolysis) is 1. The van der Waals surface area contributed by atoms with Crippen LogP contribution >= 0.6 is 11.3 Å². The van der Waals surface area contributed by atoms with Crippen molar-refractivity contribution in [3.8, 4) is 10.4 Å². The molecule has 0 spiro atoms. The van der Waals surface area contributed by atoms with Gasteiger partial charge in [0, 0.05) is 24.9 Å². The van der Waals surface area contributed by atoms with Crippen LogP contribution in [0.25, 0.3) is 42.6 Å². The zero-order valence-electron chi connectivity index (χ0n) is 30.4. The van der Waals surface area contributed by atoms with Crippen molar-refractivity contribution in [1.82, 2.24) is 40.4 Å². The van der Waals surface area contributed by atoms with Gasteiger partial charge in [-0.1, -0.05) is 39.8 Å². The summed E-state index contributed by atoms with van der Waals surface area (Å²) in [5, 5.41) is 6.64. The van der Waals surface area contributed by atoms with Crippen LogP contribution < -0.4 is 10.6 Å². The Morgan fingerprint density at radius 3 is 2.06 bits per heavy atom. The number of carbonyl (C=O) groups excluding carboxylic acids is 4. The molecule has 3 aromatic heterocycles. The Labute approximate surface area is 305 Å². The van der Waals surface area contributed by atoms with E-state index >= 15 is 0 Å². The third-order valence-electron chi connectivity index (χ3n) is 10.3. The van der Waals surface area contributed by atoms with Crippen LogP contribution in [0.1, 0.15) is 84.0 Å². The van der Waals surface area contributed by atoms with Crippen LogP contribution in [0.3, 0.4) is 0 Å². The maximum Gasteiger partial charge on any atom is 0.407 e. The van der Waals surface area contributed by atoms with Crippen LogP contribution in [0.2, 0.25) is 0 Å². The molecule has 0 radical (unpaired) electrons. The van der Waals surface area contributed by atoms with Gasteiger partial charge in [0.15, 0.2) is 0 Å². The van der Waals surface area contributed by atoms with Crippen molar-refractivity contribution >= 4 is 67.3 Å². The second kappa shape index (κ2) is 14.2. The van der Waals surface area contributed by atoms with E-state index in [1.807, 2.05) is 49.6 Å². The van der Waals surface area contributed by atoms with E-state index in [2.05, 4.69) is 44.9 Å². The highest BCUT2D eigenvalue weighted by Crippen LogP contribution is 2.40. The average molecular weight is 727 g/mol. The van der Waals surface area contributed by atoms with Crippen molar-refractivity contribution in [1.29, 1.82) is 0 Å². The lowest BCUT2D eigenvalue weighted by molar-refractivity contribution is -0.138. The Morgan fingerprint density at radius 1 is 0.827 bits per heavy atom. The van der Waals surface area contributed by atoms with E-state index in [1.165, 1.54) is 14.0 Å². The first-order valence-electron chi connectivity index (χ1n) is 18.1. The molecule has 4 N–H and O–H groups in total. The number of aromatic amines is 2. The molecule has 0 unspecified atom stereocenters.